The zero-order valence-electron chi connectivity index (χ0n) is 11.5. The molecule has 0 radical (unpaired) electrons. The van der Waals surface area contributed by atoms with Gasteiger partial charge in [0.2, 0.25) is 5.43 Å². The van der Waals surface area contributed by atoms with Crippen LogP contribution in [0.3, 0.4) is 0 Å². The first-order valence-electron chi connectivity index (χ1n) is 7.00. The summed E-state index contributed by atoms with van der Waals surface area (Å²) >= 11 is 11.9. The van der Waals surface area contributed by atoms with Crippen LogP contribution in [-0.4, -0.2) is 10.9 Å². The third-order valence-corrected chi connectivity index (χ3v) is 4.38. The van der Waals surface area contributed by atoms with Crippen molar-refractivity contribution in [1.29, 1.82) is 0 Å². The van der Waals surface area contributed by atoms with Crippen LogP contribution in [-0.2, 0) is 6.42 Å². The SMILES string of the molecule is O=c1c2cc3ccccc3[nH]c-2cc(CCCCCl)c1Cl. The number of aryl methyl sites for hydroxylation is 1. The number of para-hydroxylation sites is 1. The molecule has 3 rings (SSSR count). The fourth-order valence-corrected chi connectivity index (χ4v) is 3.02. The summed E-state index contributed by atoms with van der Waals surface area (Å²) in [7, 11) is 0. The molecule has 4 heteroatoms. The molecular formula is C17H15Cl2NO. The van der Waals surface area contributed by atoms with Crippen LogP contribution in [0.15, 0.2) is 41.2 Å². The third kappa shape index (κ3) is 2.78. The molecule has 1 N–H and O–H groups in total. The van der Waals surface area contributed by atoms with Crippen LogP contribution >= 0.6 is 23.2 Å². The summed E-state index contributed by atoms with van der Waals surface area (Å²) in [4.78, 5) is 15.8. The van der Waals surface area contributed by atoms with Crippen LogP contribution in [0, 0.1) is 0 Å². The number of alkyl halides is 1. The number of nitrogens with one attached hydrogen (secondary N) is 1. The van der Waals surface area contributed by atoms with Crippen LogP contribution < -0.4 is 5.43 Å². The van der Waals surface area contributed by atoms with E-state index < -0.39 is 0 Å². The van der Waals surface area contributed by atoms with E-state index in [1.165, 1.54) is 0 Å². The minimum atomic E-state index is -0.1000. The van der Waals surface area contributed by atoms with Gasteiger partial charge in [0.1, 0.15) is 0 Å². The molecule has 108 valence electrons. The van der Waals surface area contributed by atoms with E-state index in [9.17, 15) is 4.79 Å². The first-order valence-corrected chi connectivity index (χ1v) is 7.91. The largest absolute Gasteiger partial charge is 0.354 e. The Kier molecular flexibility index (Phi) is 4.18. The Morgan fingerprint density at radius 2 is 1.90 bits per heavy atom. The van der Waals surface area contributed by atoms with E-state index >= 15 is 0 Å². The van der Waals surface area contributed by atoms with E-state index in [2.05, 4.69) is 4.98 Å². The topological polar surface area (TPSA) is 32.9 Å². The Balaban J connectivity index is 2.16. The zero-order chi connectivity index (χ0) is 14.8. The number of hydrogen-bond donors (Lipinski definition) is 1. The quantitative estimate of drug-likeness (QED) is 0.416. The van der Waals surface area contributed by atoms with Gasteiger partial charge in [-0.05, 0) is 48.4 Å². The first-order chi connectivity index (χ1) is 10.2. The number of fused-ring (bicyclic) bond motifs is 2. The van der Waals surface area contributed by atoms with Gasteiger partial charge in [-0.15, -0.1) is 11.6 Å². The number of halogens is 2. The van der Waals surface area contributed by atoms with Crippen molar-refractivity contribution in [1.82, 2.24) is 4.98 Å². The van der Waals surface area contributed by atoms with Crippen LogP contribution in [0.5, 0.6) is 0 Å². The lowest BCUT2D eigenvalue weighted by Crippen LogP contribution is -2.11. The Morgan fingerprint density at radius 1 is 1.10 bits per heavy atom. The summed E-state index contributed by atoms with van der Waals surface area (Å²) in [6.07, 6.45) is 2.63. The smallest absolute Gasteiger partial charge is 0.206 e. The molecule has 1 aliphatic carbocycles. The van der Waals surface area contributed by atoms with Crippen molar-refractivity contribution >= 4 is 34.1 Å². The van der Waals surface area contributed by atoms with E-state index in [-0.39, 0.29) is 5.43 Å². The molecule has 0 amide bonds. The minimum absolute atomic E-state index is 0.1000. The van der Waals surface area contributed by atoms with Gasteiger partial charge in [0, 0.05) is 17.0 Å². The fraction of sp³-hybridized carbons (Fsp3) is 0.235. The molecule has 0 aromatic heterocycles. The maximum absolute atomic E-state index is 12.4. The summed E-state index contributed by atoms with van der Waals surface area (Å²) in [5.41, 5.74) is 3.28. The average Bonchev–Trinajstić information content (AvgIpc) is 2.51. The molecule has 0 fully saturated rings. The molecule has 0 saturated carbocycles. The summed E-state index contributed by atoms with van der Waals surface area (Å²) in [5.74, 6) is 0.631. The lowest BCUT2D eigenvalue weighted by atomic mass is 10.00. The second-order valence-electron chi connectivity index (χ2n) is 5.14. The highest BCUT2D eigenvalue weighted by Crippen LogP contribution is 2.27. The lowest BCUT2D eigenvalue weighted by molar-refractivity contribution is 0.799. The zero-order valence-corrected chi connectivity index (χ0v) is 13.0. The normalized spacial score (nSPS) is 11.3. The summed E-state index contributed by atoms with van der Waals surface area (Å²) in [5, 5.41) is 1.34. The maximum atomic E-state index is 12.4. The van der Waals surface area contributed by atoms with Crippen molar-refractivity contribution in [3.63, 3.8) is 0 Å². The summed E-state index contributed by atoms with van der Waals surface area (Å²) in [6.45, 7) is 0. The molecule has 0 atom stereocenters. The van der Waals surface area contributed by atoms with E-state index in [0.717, 1.165) is 41.4 Å². The average molecular weight is 320 g/mol. The lowest BCUT2D eigenvalue weighted by Gasteiger charge is -2.12. The molecule has 1 aromatic carbocycles. The molecule has 1 aliphatic heterocycles. The second-order valence-corrected chi connectivity index (χ2v) is 5.90. The van der Waals surface area contributed by atoms with Gasteiger partial charge in [0.15, 0.2) is 0 Å². The number of H-pyrrole nitrogens is 1. The van der Waals surface area contributed by atoms with Crippen molar-refractivity contribution in [3.05, 3.63) is 57.2 Å². The molecule has 2 aliphatic rings. The predicted molar refractivity (Wildman–Crippen MR) is 89.9 cm³/mol. The van der Waals surface area contributed by atoms with Crippen LogP contribution in [0.1, 0.15) is 18.4 Å². The van der Waals surface area contributed by atoms with Gasteiger partial charge >= 0.3 is 0 Å². The molecule has 1 aromatic rings. The number of unbranched alkanes of at least 4 members (excludes halogenated alkanes) is 1. The van der Waals surface area contributed by atoms with Crippen molar-refractivity contribution in [2.24, 2.45) is 0 Å². The van der Waals surface area contributed by atoms with Crippen LogP contribution in [0.2, 0.25) is 5.02 Å². The molecular weight excluding hydrogens is 305 g/mol. The summed E-state index contributed by atoms with van der Waals surface area (Å²) in [6, 6.07) is 11.8. The molecule has 21 heavy (non-hydrogen) atoms. The number of pyridine rings is 1. The molecule has 0 spiro atoms. The monoisotopic (exact) mass is 319 g/mol. The Labute approximate surface area is 133 Å². The molecule has 0 unspecified atom stereocenters. The number of hydrogen-bond acceptors (Lipinski definition) is 1. The van der Waals surface area contributed by atoms with E-state index in [1.807, 2.05) is 36.4 Å². The van der Waals surface area contributed by atoms with Gasteiger partial charge in [-0.2, -0.15) is 0 Å². The Bertz CT molecular complexity index is 810. The fourth-order valence-electron chi connectivity index (χ4n) is 2.58. The second kappa shape index (κ2) is 6.08. The Morgan fingerprint density at radius 3 is 2.71 bits per heavy atom. The first kappa shape index (κ1) is 14.4. The van der Waals surface area contributed by atoms with Gasteiger partial charge < -0.3 is 4.98 Å². The van der Waals surface area contributed by atoms with Crippen molar-refractivity contribution < 1.29 is 0 Å². The highest BCUT2D eigenvalue weighted by molar-refractivity contribution is 6.31. The van der Waals surface area contributed by atoms with Crippen LogP contribution in [0.25, 0.3) is 22.2 Å². The third-order valence-electron chi connectivity index (χ3n) is 3.69. The van der Waals surface area contributed by atoms with Gasteiger partial charge in [0.05, 0.1) is 10.7 Å². The van der Waals surface area contributed by atoms with E-state index in [0.29, 0.717) is 16.5 Å². The van der Waals surface area contributed by atoms with Gasteiger partial charge in [-0.25, -0.2) is 0 Å². The molecule has 0 bridgehead atoms. The van der Waals surface area contributed by atoms with Gasteiger partial charge in [0.25, 0.3) is 0 Å². The van der Waals surface area contributed by atoms with E-state index in [1.54, 1.807) is 0 Å². The predicted octanol–water partition coefficient (Wildman–Crippen LogP) is 4.85. The van der Waals surface area contributed by atoms with Crippen molar-refractivity contribution in [3.8, 4) is 11.3 Å². The summed E-state index contributed by atoms with van der Waals surface area (Å²) < 4.78 is 0. The number of aromatic nitrogens is 1. The van der Waals surface area contributed by atoms with Crippen molar-refractivity contribution in [2.45, 2.75) is 19.3 Å². The highest BCUT2D eigenvalue weighted by atomic mass is 35.5. The van der Waals surface area contributed by atoms with Gasteiger partial charge in [-0.1, -0.05) is 29.8 Å². The van der Waals surface area contributed by atoms with E-state index in [4.69, 9.17) is 23.2 Å². The van der Waals surface area contributed by atoms with Gasteiger partial charge in [-0.3, -0.25) is 4.79 Å². The molecule has 1 heterocycles. The minimum Gasteiger partial charge on any atom is -0.354 e. The number of aromatic amines is 1. The molecule has 0 saturated heterocycles. The van der Waals surface area contributed by atoms with Crippen LogP contribution in [0.4, 0.5) is 0 Å². The Hall–Kier alpha value is -1.51. The number of benzene rings is 2. The highest BCUT2D eigenvalue weighted by Gasteiger charge is 2.15. The number of rotatable bonds is 4. The maximum Gasteiger partial charge on any atom is 0.206 e. The standard InChI is InChI=1S/C17H15Cl2NO/c18-8-4-3-6-12-10-15-13(17(21)16(12)19)9-11-5-1-2-7-14(11)20-15/h1-2,5,7,9-10,20H,3-4,6,8H2. The van der Waals surface area contributed by atoms with Crippen molar-refractivity contribution in [2.75, 3.05) is 5.88 Å². The molecule has 2 nitrogen and oxygen atoms in total.